The fraction of sp³-hybridized carbons (Fsp3) is 0.490. The van der Waals surface area contributed by atoms with E-state index in [1.54, 1.807) is 0 Å². The quantitative estimate of drug-likeness (QED) is 0.0690. The fourth-order valence-corrected chi connectivity index (χ4v) is 10.3. The molecule has 17 nitrogen and oxygen atoms in total. The molecule has 0 aliphatic carbocycles. The molecule has 9 rings (SSSR count). The molecule has 0 radical (unpaired) electrons. The molecule has 3 aromatic carbocycles. The molecule has 6 heterocycles. The Balaban J connectivity index is 0.834. The van der Waals surface area contributed by atoms with E-state index in [4.69, 9.17) is 33.7 Å². The van der Waals surface area contributed by atoms with Gasteiger partial charge in [-0.25, -0.2) is 19.6 Å². The maximum absolute atomic E-state index is 14.1. The van der Waals surface area contributed by atoms with Crippen molar-refractivity contribution in [3.05, 3.63) is 83.6 Å². The summed E-state index contributed by atoms with van der Waals surface area (Å²) in [6, 6.07) is 17.3. The third kappa shape index (κ3) is 9.90. The maximum atomic E-state index is 14.1. The van der Waals surface area contributed by atoms with Crippen LogP contribution in [-0.2, 0) is 40.4 Å². The van der Waals surface area contributed by atoms with Crippen LogP contribution in [0.3, 0.4) is 0 Å². The largest absolute Gasteiger partial charge is 0.457 e. The van der Waals surface area contributed by atoms with Crippen LogP contribution in [0.15, 0.2) is 60.8 Å². The number of carbonyl (C=O) groups is 4. The minimum atomic E-state index is -0.698. The summed E-state index contributed by atoms with van der Waals surface area (Å²) in [7, 11) is 2.61. The number of ether oxygens (including phenoxy) is 5. The van der Waals surface area contributed by atoms with Gasteiger partial charge in [-0.05, 0) is 111 Å². The van der Waals surface area contributed by atoms with E-state index in [2.05, 4.69) is 76.2 Å². The van der Waals surface area contributed by atoms with Crippen molar-refractivity contribution in [2.45, 2.75) is 95.2 Å². The van der Waals surface area contributed by atoms with Crippen LogP contribution in [0.4, 0.5) is 9.59 Å². The van der Waals surface area contributed by atoms with Gasteiger partial charge < -0.3 is 54.5 Å². The van der Waals surface area contributed by atoms with E-state index in [-0.39, 0.29) is 35.1 Å². The number of likely N-dealkylation sites (tertiary alicyclic amines) is 1. The Morgan fingerprint density at radius 3 is 2.19 bits per heavy atom. The summed E-state index contributed by atoms with van der Waals surface area (Å²) in [5.41, 5.74) is 7.46. The number of amides is 4. The van der Waals surface area contributed by atoms with E-state index in [1.807, 2.05) is 29.3 Å². The van der Waals surface area contributed by atoms with Crippen LogP contribution in [0.1, 0.15) is 94.0 Å². The van der Waals surface area contributed by atoms with Crippen molar-refractivity contribution in [3.63, 3.8) is 0 Å². The van der Waals surface area contributed by atoms with Gasteiger partial charge in [0, 0.05) is 68.0 Å². The second kappa shape index (κ2) is 20.4. The number of benzene rings is 3. The monoisotopic (exact) mass is 930 g/mol. The number of hydrogen-bond donors (Lipinski definition) is 5. The Morgan fingerprint density at radius 1 is 0.779 bits per heavy atom. The Kier molecular flexibility index (Phi) is 14.0. The van der Waals surface area contributed by atoms with Crippen molar-refractivity contribution in [1.29, 1.82) is 0 Å². The Hall–Kier alpha value is -6.46. The predicted octanol–water partition coefficient (Wildman–Crippen LogP) is 7.46. The average Bonchev–Trinajstić information content (AvgIpc) is 4.15. The highest BCUT2D eigenvalue weighted by molar-refractivity contribution is 5.87. The number of H-pyrrole nitrogens is 2. The zero-order valence-corrected chi connectivity index (χ0v) is 39.3. The Morgan fingerprint density at radius 2 is 1.46 bits per heavy atom. The smallest absolute Gasteiger partial charge is 0.407 e. The van der Waals surface area contributed by atoms with Gasteiger partial charge in [-0.2, -0.15) is 0 Å². The molecule has 68 heavy (non-hydrogen) atoms. The van der Waals surface area contributed by atoms with E-state index < -0.39 is 24.3 Å². The molecule has 3 fully saturated rings. The lowest BCUT2D eigenvalue weighted by atomic mass is 9.75. The summed E-state index contributed by atoms with van der Waals surface area (Å²) in [6.07, 6.45) is 7.28. The lowest BCUT2D eigenvalue weighted by molar-refractivity contribution is -0.136. The number of nitrogens with zero attached hydrogens (tertiary/aromatic N) is 3. The molecule has 4 aliphatic heterocycles. The molecule has 3 atom stereocenters. The minimum Gasteiger partial charge on any atom is -0.457 e. The normalized spacial score (nSPS) is 19.0. The van der Waals surface area contributed by atoms with Gasteiger partial charge in [0.25, 0.3) is 0 Å². The van der Waals surface area contributed by atoms with Crippen molar-refractivity contribution >= 4 is 35.0 Å². The lowest BCUT2D eigenvalue weighted by Gasteiger charge is -2.35. The summed E-state index contributed by atoms with van der Waals surface area (Å²) in [5, 5.41) is 8.54. The highest BCUT2D eigenvalue weighted by Crippen LogP contribution is 2.50. The van der Waals surface area contributed by atoms with Gasteiger partial charge in [0.05, 0.1) is 43.2 Å². The molecule has 5 N–H and O–H groups in total. The van der Waals surface area contributed by atoms with Gasteiger partial charge >= 0.3 is 12.2 Å². The van der Waals surface area contributed by atoms with Crippen molar-refractivity contribution < 1.29 is 42.9 Å². The number of hydrogen-bond acceptors (Lipinski definition) is 11. The molecule has 17 heteroatoms. The zero-order chi connectivity index (χ0) is 47.4. The first kappa shape index (κ1) is 46.6. The molecule has 4 aliphatic rings. The number of rotatable bonds is 14. The Labute approximate surface area is 395 Å². The number of carbonyl (C=O) groups excluding carboxylic acids is 4. The number of nitrogens with one attached hydrogen (secondary N) is 5. The number of methoxy groups -OCH3 is 2. The molecule has 3 saturated heterocycles. The highest BCUT2D eigenvalue weighted by atomic mass is 16.5. The van der Waals surface area contributed by atoms with Gasteiger partial charge in [-0.15, -0.1) is 0 Å². The lowest BCUT2D eigenvalue weighted by Crippen LogP contribution is -2.53. The van der Waals surface area contributed by atoms with E-state index in [0.29, 0.717) is 65.2 Å². The minimum absolute atomic E-state index is 0.00123. The summed E-state index contributed by atoms with van der Waals surface area (Å²) in [5.74, 6) is 2.83. The van der Waals surface area contributed by atoms with E-state index in [9.17, 15) is 19.2 Å². The van der Waals surface area contributed by atoms with E-state index >= 15 is 0 Å². The van der Waals surface area contributed by atoms with E-state index in [1.165, 1.54) is 14.2 Å². The number of aromatic amines is 2. The fourth-order valence-electron chi connectivity index (χ4n) is 10.3. The van der Waals surface area contributed by atoms with Gasteiger partial charge in [-0.3, -0.25) is 9.59 Å². The molecule has 0 bridgehead atoms. The van der Waals surface area contributed by atoms with Crippen molar-refractivity contribution in [1.82, 2.24) is 40.8 Å². The van der Waals surface area contributed by atoms with Crippen LogP contribution in [0.5, 0.6) is 11.5 Å². The molecule has 4 amide bonds. The highest BCUT2D eigenvalue weighted by Gasteiger charge is 2.41. The SMILES string of the molecule is COC(=O)N[C@H](C(=O)NCCCCc1nc2ccc(-c3ccc4c(c3)Oc3ccc(-c5cnc([C@@H]6CCCN6C(=O)[C@@H](NC(=O)OC)C6CCOCC6)[nH]5)cc3C4(C)C)cc2[nH]1)C1CCOCC1. The van der Waals surface area contributed by atoms with Crippen molar-refractivity contribution in [3.8, 4) is 33.9 Å². The molecular weight excluding hydrogens is 869 g/mol. The molecule has 5 aromatic rings. The number of aryl methyl sites for hydroxylation is 1. The van der Waals surface area contributed by atoms with Gasteiger partial charge in [-0.1, -0.05) is 32.0 Å². The van der Waals surface area contributed by atoms with Gasteiger partial charge in [0.15, 0.2) is 0 Å². The molecule has 0 unspecified atom stereocenters. The first-order valence-corrected chi connectivity index (χ1v) is 23.9. The molecular formula is C51H62N8O9. The Bertz CT molecular complexity index is 2630. The zero-order valence-electron chi connectivity index (χ0n) is 39.3. The number of aromatic nitrogens is 4. The van der Waals surface area contributed by atoms with Crippen LogP contribution >= 0.6 is 0 Å². The molecule has 0 spiro atoms. The first-order chi connectivity index (χ1) is 33.0. The number of imidazole rings is 2. The maximum Gasteiger partial charge on any atom is 0.407 e. The average molecular weight is 931 g/mol. The summed E-state index contributed by atoms with van der Waals surface area (Å²) in [6.45, 7) is 7.74. The van der Waals surface area contributed by atoms with Crippen molar-refractivity contribution in [2.75, 3.05) is 53.7 Å². The van der Waals surface area contributed by atoms with Gasteiger partial charge in [0.1, 0.15) is 35.2 Å². The van der Waals surface area contributed by atoms with Crippen LogP contribution in [0.25, 0.3) is 33.4 Å². The second-order valence-electron chi connectivity index (χ2n) is 18.8. The molecule has 360 valence electrons. The van der Waals surface area contributed by atoms with Crippen LogP contribution in [0.2, 0.25) is 0 Å². The van der Waals surface area contributed by atoms with Crippen molar-refractivity contribution in [2.24, 2.45) is 11.8 Å². The molecule has 0 saturated carbocycles. The summed E-state index contributed by atoms with van der Waals surface area (Å²) in [4.78, 5) is 70.0. The predicted molar refractivity (Wildman–Crippen MR) is 253 cm³/mol. The first-order valence-electron chi connectivity index (χ1n) is 23.9. The number of unbranched alkanes of at least 4 members (excludes halogenated alkanes) is 1. The number of alkyl carbamates (subject to hydrolysis) is 2. The van der Waals surface area contributed by atoms with Crippen LogP contribution in [0, 0.1) is 11.8 Å². The third-order valence-electron chi connectivity index (χ3n) is 14.2. The summed E-state index contributed by atoms with van der Waals surface area (Å²) >= 11 is 0. The van der Waals surface area contributed by atoms with Crippen LogP contribution < -0.4 is 20.7 Å². The molecule has 2 aromatic heterocycles. The van der Waals surface area contributed by atoms with Crippen LogP contribution in [-0.4, -0.2) is 115 Å². The number of fused-ring (bicyclic) bond motifs is 3. The second-order valence-corrected chi connectivity index (χ2v) is 18.8. The standard InChI is InChI=1S/C51H62N8O9/c1-51(2)35-13-10-33(32-11-14-37-38(27-32)55-43(54-37)9-5-6-20-52-47(60)44(57-49(62)64-3)30-16-22-66-23-17-30)28-42(35)68-41-15-12-34(26-36(41)51)39-29-53-46(56-39)40-8-7-21-59(40)48(61)45(58-50(63)65-4)31-18-24-67-25-19-31/h10-15,26-31,40,44-45H,5-9,16-25H2,1-4H3,(H,52,60)(H,53,56)(H,54,55)(H,57,62)(H,58,63)/t40-,44-,45-/m0/s1. The van der Waals surface area contributed by atoms with E-state index in [0.717, 1.165) is 99.8 Å². The van der Waals surface area contributed by atoms with Gasteiger partial charge in [0.2, 0.25) is 11.8 Å². The summed E-state index contributed by atoms with van der Waals surface area (Å²) < 4.78 is 27.3. The third-order valence-corrected chi connectivity index (χ3v) is 14.2. The topological polar surface area (TPSA) is 211 Å².